The first-order valence-corrected chi connectivity index (χ1v) is 13.2. The third-order valence-corrected chi connectivity index (χ3v) is 7.35. The van der Waals surface area contributed by atoms with E-state index in [2.05, 4.69) is 46.1 Å². The van der Waals surface area contributed by atoms with E-state index in [0.29, 0.717) is 19.4 Å². The van der Waals surface area contributed by atoms with E-state index < -0.39 is 23.8 Å². The van der Waals surface area contributed by atoms with Gasteiger partial charge in [0.15, 0.2) is 5.60 Å². The molecule has 2 aromatic rings. The normalized spacial score (nSPS) is 19.3. The van der Waals surface area contributed by atoms with Crippen LogP contribution in [0.3, 0.4) is 0 Å². The molecule has 0 bridgehead atoms. The molecule has 3 amide bonds. The number of amides is 3. The molecule has 4 N–H and O–H groups in total. The number of rotatable bonds is 11. The SMILES string of the molecule is C=CC(C=C)(C=C)OC(=O)N[C@H](Cc1ccccc1)C(=O)N1CCC[C@H]1C(=O)NNC1CCc2[nH]ncc2C1. The van der Waals surface area contributed by atoms with Crippen LogP contribution in [0, 0.1) is 0 Å². The Morgan fingerprint density at radius 1 is 1.15 bits per heavy atom. The maximum absolute atomic E-state index is 13.8. The van der Waals surface area contributed by atoms with E-state index in [1.807, 2.05) is 36.5 Å². The van der Waals surface area contributed by atoms with Gasteiger partial charge in [-0.05, 0) is 61.5 Å². The predicted octanol–water partition coefficient (Wildman–Crippen LogP) is 2.51. The molecule has 2 heterocycles. The molecule has 10 nitrogen and oxygen atoms in total. The van der Waals surface area contributed by atoms with E-state index in [4.69, 9.17) is 4.74 Å². The zero-order valence-electron chi connectivity index (χ0n) is 22.0. The number of ether oxygens (including phenoxy) is 1. The van der Waals surface area contributed by atoms with E-state index in [0.717, 1.165) is 36.1 Å². The van der Waals surface area contributed by atoms with E-state index in [1.165, 1.54) is 18.2 Å². The molecule has 1 saturated heterocycles. The van der Waals surface area contributed by atoms with Crippen LogP contribution in [-0.2, 0) is 33.6 Å². The summed E-state index contributed by atoms with van der Waals surface area (Å²) in [5, 5.41) is 9.79. The van der Waals surface area contributed by atoms with Crippen molar-refractivity contribution >= 4 is 17.9 Å². The second-order valence-corrected chi connectivity index (χ2v) is 9.88. The minimum atomic E-state index is -1.28. The average Bonchev–Trinajstić information content (AvgIpc) is 3.64. The minimum absolute atomic E-state index is 0.0757. The van der Waals surface area contributed by atoms with Crippen molar-refractivity contribution in [1.82, 2.24) is 31.3 Å². The van der Waals surface area contributed by atoms with Crippen molar-refractivity contribution in [2.45, 2.75) is 62.3 Å². The monoisotopic (exact) mass is 532 g/mol. The molecule has 206 valence electrons. The summed E-state index contributed by atoms with van der Waals surface area (Å²) in [6.07, 6.45) is 9.10. The molecule has 1 fully saturated rings. The molecule has 1 aromatic carbocycles. The third kappa shape index (κ3) is 6.64. The molecule has 3 atom stereocenters. The van der Waals surface area contributed by atoms with E-state index in [-0.39, 0.29) is 24.3 Å². The molecule has 10 heteroatoms. The number of carbonyl (C=O) groups excluding carboxylic acids is 3. The summed E-state index contributed by atoms with van der Waals surface area (Å²) in [7, 11) is 0. The lowest BCUT2D eigenvalue weighted by molar-refractivity contribution is -0.140. The van der Waals surface area contributed by atoms with Gasteiger partial charge in [-0.1, -0.05) is 50.1 Å². The van der Waals surface area contributed by atoms with Gasteiger partial charge in [-0.3, -0.25) is 20.1 Å². The fraction of sp³-hybridized carbons (Fsp3) is 0.379. The van der Waals surface area contributed by atoms with Crippen LogP contribution in [0.2, 0.25) is 0 Å². The highest BCUT2D eigenvalue weighted by molar-refractivity contribution is 5.92. The van der Waals surface area contributed by atoms with Gasteiger partial charge in [0.25, 0.3) is 5.91 Å². The molecule has 0 spiro atoms. The Hall–Kier alpha value is -4.18. The Balaban J connectivity index is 1.43. The number of likely N-dealkylation sites (tertiary alicyclic amines) is 1. The van der Waals surface area contributed by atoms with Crippen molar-refractivity contribution in [3.8, 4) is 0 Å². The van der Waals surface area contributed by atoms with Gasteiger partial charge in [-0.25, -0.2) is 10.2 Å². The molecule has 0 radical (unpaired) electrons. The van der Waals surface area contributed by atoms with Crippen LogP contribution in [0.5, 0.6) is 0 Å². The number of fused-ring (bicyclic) bond motifs is 1. The van der Waals surface area contributed by atoms with Crippen molar-refractivity contribution in [3.63, 3.8) is 0 Å². The second-order valence-electron chi connectivity index (χ2n) is 9.88. The lowest BCUT2D eigenvalue weighted by Crippen LogP contribution is -2.57. The van der Waals surface area contributed by atoms with Crippen LogP contribution in [-0.4, -0.2) is 63.3 Å². The Kier molecular flexibility index (Phi) is 8.98. The van der Waals surface area contributed by atoms with Crippen molar-refractivity contribution in [2.75, 3.05) is 6.54 Å². The number of H-pyrrole nitrogens is 1. The van der Waals surface area contributed by atoms with Gasteiger partial charge in [0.2, 0.25) is 5.91 Å². The van der Waals surface area contributed by atoms with Crippen LogP contribution in [0.1, 0.15) is 36.1 Å². The van der Waals surface area contributed by atoms with Gasteiger partial charge >= 0.3 is 6.09 Å². The molecule has 1 aliphatic carbocycles. The highest BCUT2D eigenvalue weighted by atomic mass is 16.6. The Morgan fingerprint density at radius 2 is 1.90 bits per heavy atom. The van der Waals surface area contributed by atoms with E-state index >= 15 is 0 Å². The number of nitrogens with one attached hydrogen (secondary N) is 4. The number of aromatic amines is 1. The molecule has 1 aromatic heterocycles. The average molecular weight is 533 g/mol. The van der Waals surface area contributed by atoms with Crippen molar-refractivity contribution in [1.29, 1.82) is 0 Å². The number of alkyl carbamates (subject to hydrolysis) is 1. The highest BCUT2D eigenvalue weighted by Gasteiger charge is 2.38. The molecule has 0 saturated carbocycles. The summed E-state index contributed by atoms with van der Waals surface area (Å²) >= 11 is 0. The van der Waals surface area contributed by atoms with Gasteiger partial charge in [0.05, 0.1) is 6.20 Å². The largest absolute Gasteiger partial charge is 0.430 e. The number of aryl methyl sites for hydroxylation is 1. The number of aromatic nitrogens is 2. The zero-order chi connectivity index (χ0) is 27.8. The van der Waals surface area contributed by atoms with Crippen LogP contribution >= 0.6 is 0 Å². The summed E-state index contributed by atoms with van der Waals surface area (Å²) in [6.45, 7) is 11.5. The molecule has 1 aliphatic heterocycles. The van der Waals surface area contributed by atoms with Gasteiger partial charge in [-0.2, -0.15) is 5.10 Å². The van der Waals surface area contributed by atoms with Crippen molar-refractivity contribution in [3.05, 3.63) is 91.3 Å². The summed E-state index contributed by atoms with van der Waals surface area (Å²) in [5.74, 6) is -0.626. The van der Waals surface area contributed by atoms with Gasteiger partial charge < -0.3 is 15.0 Å². The minimum Gasteiger partial charge on any atom is -0.430 e. The van der Waals surface area contributed by atoms with E-state index in [1.54, 1.807) is 4.90 Å². The lowest BCUT2D eigenvalue weighted by Gasteiger charge is -2.30. The van der Waals surface area contributed by atoms with Crippen LogP contribution in [0.25, 0.3) is 0 Å². The van der Waals surface area contributed by atoms with Crippen LogP contribution in [0.15, 0.2) is 74.5 Å². The van der Waals surface area contributed by atoms with Crippen molar-refractivity contribution in [2.24, 2.45) is 0 Å². The molecule has 4 rings (SSSR count). The Morgan fingerprint density at radius 3 is 2.62 bits per heavy atom. The fourth-order valence-corrected chi connectivity index (χ4v) is 5.06. The standard InChI is InChI=1S/C29H36N6O4/c1-4-29(5-2,6-3)39-28(38)31-24(17-20-11-8-7-9-12-20)27(37)35-16-10-13-25(35)26(36)34-32-22-14-15-23-21(18-22)19-30-33-23/h4-9,11-12,19,22,24-25,32H,1-3,10,13-18H2,(H,30,33)(H,31,38)(H,34,36)/t22?,24-,25+/m1/s1. The first-order valence-electron chi connectivity index (χ1n) is 13.2. The van der Waals surface area contributed by atoms with Crippen molar-refractivity contribution < 1.29 is 19.1 Å². The molecular formula is C29H36N6O4. The van der Waals surface area contributed by atoms with Crippen LogP contribution in [0.4, 0.5) is 4.79 Å². The number of hydrazine groups is 1. The molecule has 2 aliphatic rings. The molecule has 1 unspecified atom stereocenters. The third-order valence-electron chi connectivity index (χ3n) is 7.35. The second kappa shape index (κ2) is 12.6. The van der Waals surface area contributed by atoms with Gasteiger partial charge in [-0.15, -0.1) is 0 Å². The predicted molar refractivity (Wildman–Crippen MR) is 147 cm³/mol. The number of carbonyl (C=O) groups is 3. The lowest BCUT2D eigenvalue weighted by atomic mass is 9.94. The maximum atomic E-state index is 13.8. The topological polar surface area (TPSA) is 128 Å². The number of benzene rings is 1. The highest BCUT2D eigenvalue weighted by Crippen LogP contribution is 2.22. The molecule has 39 heavy (non-hydrogen) atoms. The summed E-state index contributed by atoms with van der Waals surface area (Å²) in [4.78, 5) is 41.4. The Labute approximate surface area is 228 Å². The summed E-state index contributed by atoms with van der Waals surface area (Å²) in [5.41, 5.74) is 7.82. The van der Waals surface area contributed by atoms with Gasteiger partial charge in [0, 0.05) is 24.7 Å². The maximum Gasteiger partial charge on any atom is 0.409 e. The quantitative estimate of drug-likeness (QED) is 0.260. The fourth-order valence-electron chi connectivity index (χ4n) is 5.06. The van der Waals surface area contributed by atoms with E-state index in [9.17, 15) is 14.4 Å². The summed E-state index contributed by atoms with van der Waals surface area (Å²) < 4.78 is 5.49. The number of nitrogens with zero attached hydrogens (tertiary/aromatic N) is 2. The zero-order valence-corrected chi connectivity index (χ0v) is 22.0. The Bertz CT molecular complexity index is 1190. The smallest absolute Gasteiger partial charge is 0.409 e. The first kappa shape index (κ1) is 27.8. The summed E-state index contributed by atoms with van der Waals surface area (Å²) in [6, 6.07) is 7.84. The van der Waals surface area contributed by atoms with Gasteiger partial charge in [0.1, 0.15) is 12.1 Å². The first-order chi connectivity index (χ1) is 18.9. The number of hydrogen-bond acceptors (Lipinski definition) is 6. The molecular weight excluding hydrogens is 496 g/mol. The van der Waals surface area contributed by atoms with Crippen LogP contribution < -0.4 is 16.2 Å². The number of hydrogen-bond donors (Lipinski definition) is 4.